The van der Waals surface area contributed by atoms with Crippen LogP contribution >= 0.6 is 0 Å². The van der Waals surface area contributed by atoms with Crippen LogP contribution < -0.4 is 4.90 Å². The molecule has 2 aliphatic heterocycles. The van der Waals surface area contributed by atoms with Crippen molar-refractivity contribution in [3.63, 3.8) is 0 Å². The average molecular weight is 378 g/mol. The summed E-state index contributed by atoms with van der Waals surface area (Å²) in [5.41, 5.74) is 5.34. The highest BCUT2D eigenvalue weighted by Crippen LogP contribution is 2.25. The number of para-hydroxylation sites is 1. The molecule has 148 valence electrons. The SMILES string of the molecule is CN(CC(=O)N1CCc2ccccc2C1)Cc1ccccc1N1CCCCC1. The van der Waals surface area contributed by atoms with Crippen molar-refractivity contribution in [2.24, 2.45) is 0 Å². The predicted octanol–water partition coefficient (Wildman–Crippen LogP) is 3.69. The zero-order valence-corrected chi connectivity index (χ0v) is 16.9. The van der Waals surface area contributed by atoms with Crippen LogP contribution in [-0.2, 0) is 24.3 Å². The van der Waals surface area contributed by atoms with E-state index in [1.807, 2.05) is 4.90 Å². The Balaban J connectivity index is 1.37. The number of hydrogen-bond donors (Lipinski definition) is 0. The Labute approximate surface area is 168 Å². The maximum atomic E-state index is 12.9. The van der Waals surface area contributed by atoms with Crippen molar-refractivity contribution in [2.45, 2.75) is 38.8 Å². The molecule has 2 aliphatic rings. The number of anilines is 1. The fraction of sp³-hybridized carbons (Fsp3) is 0.458. The number of hydrogen-bond acceptors (Lipinski definition) is 3. The van der Waals surface area contributed by atoms with Gasteiger partial charge in [0, 0.05) is 38.4 Å². The Kier molecular flexibility index (Phi) is 5.96. The molecular weight excluding hydrogens is 346 g/mol. The van der Waals surface area contributed by atoms with E-state index < -0.39 is 0 Å². The monoisotopic (exact) mass is 377 g/mol. The first-order valence-electron chi connectivity index (χ1n) is 10.6. The van der Waals surface area contributed by atoms with E-state index in [0.717, 1.165) is 39.1 Å². The van der Waals surface area contributed by atoms with Gasteiger partial charge in [-0.1, -0.05) is 42.5 Å². The molecule has 4 rings (SSSR count). The number of fused-ring (bicyclic) bond motifs is 1. The normalized spacial score (nSPS) is 16.9. The topological polar surface area (TPSA) is 26.8 Å². The summed E-state index contributed by atoms with van der Waals surface area (Å²) in [5, 5.41) is 0. The molecule has 4 nitrogen and oxygen atoms in total. The molecular formula is C24H31N3O. The van der Waals surface area contributed by atoms with Gasteiger partial charge in [-0.2, -0.15) is 0 Å². The van der Waals surface area contributed by atoms with Crippen LogP contribution in [0.15, 0.2) is 48.5 Å². The molecule has 0 radical (unpaired) electrons. The number of benzene rings is 2. The summed E-state index contributed by atoms with van der Waals surface area (Å²) in [7, 11) is 2.06. The second-order valence-corrected chi connectivity index (χ2v) is 8.18. The molecule has 0 atom stereocenters. The molecule has 0 spiro atoms. The molecule has 0 bridgehead atoms. The summed E-state index contributed by atoms with van der Waals surface area (Å²) in [6.07, 6.45) is 4.85. The van der Waals surface area contributed by atoms with E-state index in [1.165, 1.54) is 41.6 Å². The standard InChI is InChI=1S/C24H31N3O/c1-25(17-22-11-5-6-12-23(22)26-14-7-2-8-15-26)19-24(28)27-16-13-20-9-3-4-10-21(20)18-27/h3-6,9-12H,2,7-8,13-19H2,1H3. The van der Waals surface area contributed by atoms with Gasteiger partial charge in [-0.3, -0.25) is 9.69 Å². The Morgan fingerprint density at radius 1 is 0.929 bits per heavy atom. The Morgan fingerprint density at radius 3 is 2.46 bits per heavy atom. The van der Waals surface area contributed by atoms with Crippen molar-refractivity contribution in [3.05, 3.63) is 65.2 Å². The highest BCUT2D eigenvalue weighted by Gasteiger charge is 2.22. The van der Waals surface area contributed by atoms with Crippen LogP contribution in [0.25, 0.3) is 0 Å². The number of carbonyl (C=O) groups is 1. The lowest BCUT2D eigenvalue weighted by molar-refractivity contribution is -0.133. The van der Waals surface area contributed by atoms with Gasteiger partial charge in [0.25, 0.3) is 0 Å². The van der Waals surface area contributed by atoms with E-state index in [-0.39, 0.29) is 5.91 Å². The zero-order valence-electron chi connectivity index (χ0n) is 16.9. The van der Waals surface area contributed by atoms with Crippen molar-refractivity contribution < 1.29 is 4.79 Å². The van der Waals surface area contributed by atoms with Gasteiger partial charge in [0.1, 0.15) is 0 Å². The van der Waals surface area contributed by atoms with E-state index in [1.54, 1.807) is 0 Å². The fourth-order valence-electron chi connectivity index (χ4n) is 4.47. The van der Waals surface area contributed by atoms with Gasteiger partial charge in [-0.15, -0.1) is 0 Å². The summed E-state index contributed by atoms with van der Waals surface area (Å²) >= 11 is 0. The van der Waals surface area contributed by atoms with Crippen LogP contribution in [0.3, 0.4) is 0 Å². The number of carbonyl (C=O) groups excluding carboxylic acids is 1. The minimum Gasteiger partial charge on any atom is -0.371 e. The number of likely N-dealkylation sites (N-methyl/N-ethyl adjacent to an activating group) is 1. The van der Waals surface area contributed by atoms with Crippen molar-refractivity contribution in [1.29, 1.82) is 0 Å². The molecule has 2 aromatic carbocycles. The van der Waals surface area contributed by atoms with E-state index in [9.17, 15) is 4.79 Å². The lowest BCUT2D eigenvalue weighted by Crippen LogP contribution is -2.41. The Hall–Kier alpha value is -2.33. The highest BCUT2D eigenvalue weighted by atomic mass is 16.2. The first-order valence-corrected chi connectivity index (χ1v) is 10.6. The van der Waals surface area contributed by atoms with Crippen LogP contribution in [0.5, 0.6) is 0 Å². The largest absolute Gasteiger partial charge is 0.371 e. The number of amides is 1. The van der Waals surface area contributed by atoms with Crippen LogP contribution in [0.1, 0.15) is 36.0 Å². The van der Waals surface area contributed by atoms with Crippen molar-refractivity contribution >= 4 is 11.6 Å². The number of piperidine rings is 1. The second-order valence-electron chi connectivity index (χ2n) is 8.18. The summed E-state index contributed by atoms with van der Waals surface area (Å²) in [6, 6.07) is 17.2. The second kappa shape index (κ2) is 8.78. The van der Waals surface area contributed by atoms with Crippen LogP contribution in [0.2, 0.25) is 0 Å². The molecule has 2 heterocycles. The maximum absolute atomic E-state index is 12.9. The molecule has 1 fully saturated rings. The van der Waals surface area contributed by atoms with Gasteiger partial charge < -0.3 is 9.80 Å². The van der Waals surface area contributed by atoms with Gasteiger partial charge >= 0.3 is 0 Å². The van der Waals surface area contributed by atoms with E-state index >= 15 is 0 Å². The molecule has 0 saturated carbocycles. The molecule has 0 aliphatic carbocycles. The zero-order chi connectivity index (χ0) is 19.3. The van der Waals surface area contributed by atoms with Crippen molar-refractivity contribution in [3.8, 4) is 0 Å². The molecule has 1 saturated heterocycles. The average Bonchev–Trinajstić information content (AvgIpc) is 2.74. The third-order valence-corrected chi connectivity index (χ3v) is 6.02. The van der Waals surface area contributed by atoms with Gasteiger partial charge in [-0.25, -0.2) is 0 Å². The molecule has 1 amide bonds. The van der Waals surface area contributed by atoms with E-state index in [2.05, 4.69) is 65.4 Å². The summed E-state index contributed by atoms with van der Waals surface area (Å²) < 4.78 is 0. The maximum Gasteiger partial charge on any atom is 0.237 e. The molecule has 28 heavy (non-hydrogen) atoms. The Bertz CT molecular complexity index is 813. The smallest absolute Gasteiger partial charge is 0.237 e. The fourth-order valence-corrected chi connectivity index (χ4v) is 4.47. The minimum atomic E-state index is 0.229. The molecule has 0 unspecified atom stereocenters. The summed E-state index contributed by atoms with van der Waals surface area (Å²) in [6.45, 7) is 5.14. The van der Waals surface area contributed by atoms with Gasteiger partial charge in [0.2, 0.25) is 5.91 Å². The Morgan fingerprint density at radius 2 is 1.64 bits per heavy atom. The minimum absolute atomic E-state index is 0.229. The van der Waals surface area contributed by atoms with Crippen LogP contribution in [0, 0.1) is 0 Å². The third-order valence-electron chi connectivity index (χ3n) is 6.02. The highest BCUT2D eigenvalue weighted by molar-refractivity contribution is 5.78. The lowest BCUT2D eigenvalue weighted by Gasteiger charge is -2.32. The molecule has 2 aromatic rings. The van der Waals surface area contributed by atoms with Gasteiger partial charge in [0.15, 0.2) is 0 Å². The first-order chi connectivity index (χ1) is 13.7. The van der Waals surface area contributed by atoms with Gasteiger partial charge in [-0.05, 0) is 55.5 Å². The predicted molar refractivity (Wildman–Crippen MR) is 114 cm³/mol. The van der Waals surface area contributed by atoms with Gasteiger partial charge in [0.05, 0.1) is 6.54 Å². The molecule has 0 aromatic heterocycles. The lowest BCUT2D eigenvalue weighted by atomic mass is 10.00. The third kappa shape index (κ3) is 4.39. The first kappa shape index (κ1) is 19.0. The molecule has 0 N–H and O–H groups in total. The van der Waals surface area contributed by atoms with Crippen LogP contribution in [-0.4, -0.2) is 48.9 Å². The molecule has 4 heteroatoms. The number of rotatable bonds is 5. The van der Waals surface area contributed by atoms with Crippen LogP contribution in [0.4, 0.5) is 5.69 Å². The van der Waals surface area contributed by atoms with Crippen molar-refractivity contribution in [1.82, 2.24) is 9.80 Å². The quantitative estimate of drug-likeness (QED) is 0.795. The van der Waals surface area contributed by atoms with E-state index in [0.29, 0.717) is 6.54 Å². The number of nitrogens with zero attached hydrogens (tertiary/aromatic N) is 3. The summed E-state index contributed by atoms with van der Waals surface area (Å²) in [4.78, 5) is 19.5. The van der Waals surface area contributed by atoms with Crippen molar-refractivity contribution in [2.75, 3.05) is 38.1 Å². The summed E-state index contributed by atoms with van der Waals surface area (Å²) in [5.74, 6) is 0.229. The van der Waals surface area contributed by atoms with E-state index in [4.69, 9.17) is 0 Å².